The highest BCUT2D eigenvalue weighted by Gasteiger charge is 2.18. The third-order valence-corrected chi connectivity index (χ3v) is 6.69. The number of nitrogens with zero attached hydrogens (tertiary/aromatic N) is 4. The third kappa shape index (κ3) is 5.71. The van der Waals surface area contributed by atoms with Crippen molar-refractivity contribution in [1.82, 2.24) is 24.6 Å². The summed E-state index contributed by atoms with van der Waals surface area (Å²) >= 11 is 0. The largest absolute Gasteiger partial charge is 0.354 e. The molecule has 1 fully saturated rings. The highest BCUT2D eigenvalue weighted by molar-refractivity contribution is 7.84. The lowest BCUT2D eigenvalue weighted by Crippen LogP contribution is -2.38. The van der Waals surface area contributed by atoms with E-state index in [1.165, 1.54) is 19.3 Å². The number of carbonyl (C=O) groups is 1. The number of piperidine rings is 1. The Hall–Kier alpha value is -2.71. The maximum atomic E-state index is 12.7. The van der Waals surface area contributed by atoms with E-state index in [-0.39, 0.29) is 17.4 Å². The summed E-state index contributed by atoms with van der Waals surface area (Å²) in [6, 6.07) is 13.7. The summed E-state index contributed by atoms with van der Waals surface area (Å²) in [5.41, 5.74) is 1.78. The van der Waals surface area contributed by atoms with Crippen molar-refractivity contribution in [2.75, 3.05) is 31.9 Å². The van der Waals surface area contributed by atoms with Crippen molar-refractivity contribution >= 4 is 16.7 Å². The number of benzene rings is 1. The number of rotatable bonds is 9. The molecule has 0 bridgehead atoms. The Balaban J connectivity index is 1.38. The minimum atomic E-state index is -1.32. The number of amides is 1. The van der Waals surface area contributed by atoms with Crippen LogP contribution in [-0.2, 0) is 21.3 Å². The van der Waals surface area contributed by atoms with E-state index < -0.39 is 10.8 Å². The molecule has 1 aliphatic rings. The van der Waals surface area contributed by atoms with Gasteiger partial charge in [0.2, 0.25) is 5.91 Å². The van der Waals surface area contributed by atoms with Crippen molar-refractivity contribution in [2.24, 2.45) is 0 Å². The van der Waals surface area contributed by atoms with Crippen molar-refractivity contribution in [3.05, 3.63) is 66.6 Å². The summed E-state index contributed by atoms with van der Waals surface area (Å²) in [7, 11) is -1.32. The monoisotopic (exact) mass is 439 g/mol. The van der Waals surface area contributed by atoms with Gasteiger partial charge in [0, 0.05) is 41.8 Å². The summed E-state index contributed by atoms with van der Waals surface area (Å²) in [4.78, 5) is 14.7. The van der Waals surface area contributed by atoms with Gasteiger partial charge in [-0.15, -0.1) is 0 Å². The maximum absolute atomic E-state index is 12.7. The van der Waals surface area contributed by atoms with Gasteiger partial charge >= 0.3 is 0 Å². The molecule has 1 aromatic carbocycles. The number of hydrogen-bond acceptors (Lipinski definition) is 4. The van der Waals surface area contributed by atoms with E-state index in [4.69, 9.17) is 0 Å². The van der Waals surface area contributed by atoms with Gasteiger partial charge in [-0.05, 0) is 50.2 Å². The molecule has 1 atom stereocenters. The number of aromatic nitrogens is 3. The first kappa shape index (κ1) is 21.5. The smallest absolute Gasteiger partial charge is 0.232 e. The molecular weight excluding hydrogens is 410 g/mol. The Morgan fingerprint density at radius 1 is 1.03 bits per heavy atom. The quantitative estimate of drug-likeness (QED) is 0.556. The molecule has 8 heteroatoms. The first-order valence-corrected chi connectivity index (χ1v) is 12.3. The Morgan fingerprint density at radius 2 is 1.77 bits per heavy atom. The summed E-state index contributed by atoms with van der Waals surface area (Å²) in [6.07, 6.45) is 9.39. The zero-order chi connectivity index (χ0) is 21.5. The lowest BCUT2D eigenvalue weighted by molar-refractivity contribution is -0.118. The molecule has 0 aliphatic carbocycles. The fourth-order valence-corrected chi connectivity index (χ4v) is 4.99. The van der Waals surface area contributed by atoms with E-state index in [2.05, 4.69) is 15.3 Å². The Labute approximate surface area is 185 Å². The SMILES string of the molecule is O=C(C[S@@](=O)Cc1cnn(-c2ccccc2)c1-n1cccc1)NCCN1CCCCC1. The van der Waals surface area contributed by atoms with Gasteiger partial charge in [-0.3, -0.25) is 9.00 Å². The van der Waals surface area contributed by atoms with Crippen LogP contribution in [0.1, 0.15) is 24.8 Å². The van der Waals surface area contributed by atoms with Crippen LogP contribution in [0.25, 0.3) is 11.5 Å². The zero-order valence-electron chi connectivity index (χ0n) is 17.7. The summed E-state index contributed by atoms with van der Waals surface area (Å²) in [6.45, 7) is 3.68. The van der Waals surface area contributed by atoms with Crippen LogP contribution in [0.4, 0.5) is 0 Å². The Morgan fingerprint density at radius 3 is 2.52 bits per heavy atom. The molecule has 3 aromatic rings. The highest BCUT2D eigenvalue weighted by atomic mass is 32.2. The Bertz CT molecular complexity index is 994. The van der Waals surface area contributed by atoms with Gasteiger partial charge in [0.25, 0.3) is 0 Å². The van der Waals surface area contributed by atoms with Crippen LogP contribution < -0.4 is 5.32 Å². The van der Waals surface area contributed by atoms with Gasteiger partial charge in [-0.1, -0.05) is 24.6 Å². The lowest BCUT2D eigenvalue weighted by Gasteiger charge is -2.26. The van der Waals surface area contributed by atoms with Crippen LogP contribution in [0.2, 0.25) is 0 Å². The fourth-order valence-electron chi connectivity index (χ4n) is 3.94. The minimum absolute atomic E-state index is 0.00162. The molecule has 3 heterocycles. The molecule has 0 spiro atoms. The van der Waals surface area contributed by atoms with Crippen LogP contribution >= 0.6 is 0 Å². The molecule has 164 valence electrons. The van der Waals surface area contributed by atoms with Crippen LogP contribution in [0, 0.1) is 0 Å². The summed E-state index contributed by atoms with van der Waals surface area (Å²) < 4.78 is 16.6. The van der Waals surface area contributed by atoms with Crippen molar-refractivity contribution in [1.29, 1.82) is 0 Å². The van der Waals surface area contributed by atoms with Crippen LogP contribution in [-0.4, -0.2) is 61.3 Å². The van der Waals surface area contributed by atoms with Crippen LogP contribution in [0.3, 0.4) is 0 Å². The second-order valence-corrected chi connectivity index (χ2v) is 9.27. The molecule has 7 nitrogen and oxygen atoms in total. The van der Waals surface area contributed by atoms with E-state index in [0.717, 1.165) is 36.7 Å². The molecule has 1 amide bonds. The standard InChI is InChI=1S/C23H29N5O2S/c29-22(24-11-16-26-12-5-2-6-13-26)19-31(30)18-20-17-25-28(21-9-3-1-4-10-21)23(20)27-14-7-8-15-27/h1,3-4,7-10,14-15,17H,2,5-6,11-13,16,18-19H2,(H,24,29)/t31-/m0/s1. The molecule has 4 rings (SSSR count). The first-order valence-electron chi connectivity index (χ1n) is 10.8. The van der Waals surface area contributed by atoms with E-state index in [9.17, 15) is 9.00 Å². The molecule has 0 unspecified atom stereocenters. The number of hydrogen-bond donors (Lipinski definition) is 1. The van der Waals surface area contributed by atoms with E-state index in [1.807, 2.05) is 64.1 Å². The molecule has 1 saturated heterocycles. The van der Waals surface area contributed by atoms with Gasteiger partial charge < -0.3 is 14.8 Å². The molecule has 0 radical (unpaired) electrons. The first-order chi connectivity index (χ1) is 15.2. The Kier molecular flexibility index (Phi) is 7.32. The van der Waals surface area contributed by atoms with E-state index in [0.29, 0.717) is 6.54 Å². The topological polar surface area (TPSA) is 72.2 Å². The van der Waals surface area contributed by atoms with E-state index >= 15 is 0 Å². The minimum Gasteiger partial charge on any atom is -0.354 e. The van der Waals surface area contributed by atoms with Gasteiger partial charge in [-0.2, -0.15) is 5.10 Å². The molecular formula is C23H29N5O2S. The summed E-state index contributed by atoms with van der Waals surface area (Å²) in [5, 5.41) is 7.45. The molecule has 2 aromatic heterocycles. The van der Waals surface area contributed by atoms with Crippen LogP contribution in [0.5, 0.6) is 0 Å². The van der Waals surface area contributed by atoms with Crippen LogP contribution in [0.15, 0.2) is 61.1 Å². The average Bonchev–Trinajstić information content (AvgIpc) is 3.45. The lowest BCUT2D eigenvalue weighted by atomic mass is 10.1. The number of likely N-dealkylation sites (tertiary alicyclic amines) is 1. The van der Waals surface area contributed by atoms with E-state index in [1.54, 1.807) is 6.20 Å². The second kappa shape index (κ2) is 10.5. The van der Waals surface area contributed by atoms with Crippen molar-refractivity contribution in [3.63, 3.8) is 0 Å². The third-order valence-electron chi connectivity index (χ3n) is 5.47. The molecule has 1 N–H and O–H groups in total. The van der Waals surface area contributed by atoms with Crippen molar-refractivity contribution in [3.8, 4) is 11.5 Å². The van der Waals surface area contributed by atoms with Gasteiger partial charge in [0.05, 0.1) is 17.6 Å². The maximum Gasteiger partial charge on any atom is 0.232 e. The van der Waals surface area contributed by atoms with Gasteiger partial charge in [0.15, 0.2) is 0 Å². The fraction of sp³-hybridized carbons (Fsp3) is 0.391. The highest BCUT2D eigenvalue weighted by Crippen LogP contribution is 2.21. The average molecular weight is 440 g/mol. The second-order valence-electron chi connectivity index (χ2n) is 7.81. The zero-order valence-corrected chi connectivity index (χ0v) is 18.5. The van der Waals surface area contributed by atoms with Gasteiger partial charge in [0.1, 0.15) is 11.6 Å². The number of carbonyl (C=O) groups excluding carboxylic acids is 1. The molecule has 1 aliphatic heterocycles. The predicted molar refractivity (Wildman–Crippen MR) is 123 cm³/mol. The van der Waals surface area contributed by atoms with Crippen molar-refractivity contribution in [2.45, 2.75) is 25.0 Å². The molecule has 0 saturated carbocycles. The van der Waals surface area contributed by atoms with Crippen molar-refractivity contribution < 1.29 is 9.00 Å². The molecule has 31 heavy (non-hydrogen) atoms. The summed E-state index contributed by atoms with van der Waals surface area (Å²) in [5.74, 6) is 0.963. The number of para-hydroxylation sites is 1. The number of nitrogens with one attached hydrogen (secondary N) is 1. The normalized spacial score (nSPS) is 15.6. The predicted octanol–water partition coefficient (Wildman–Crippen LogP) is 2.51. The van der Waals surface area contributed by atoms with Gasteiger partial charge in [-0.25, -0.2) is 4.68 Å².